The van der Waals surface area contributed by atoms with Gasteiger partial charge in [0.1, 0.15) is 6.33 Å². The van der Waals surface area contributed by atoms with Crippen LogP contribution in [0.4, 0.5) is 5.69 Å². The quantitative estimate of drug-likeness (QED) is 0.758. The molecule has 0 spiro atoms. The van der Waals surface area contributed by atoms with Crippen LogP contribution >= 0.6 is 0 Å². The van der Waals surface area contributed by atoms with E-state index < -0.39 is 0 Å². The van der Waals surface area contributed by atoms with Crippen LogP contribution in [0.3, 0.4) is 0 Å². The van der Waals surface area contributed by atoms with Crippen molar-refractivity contribution in [1.82, 2.24) is 14.9 Å². The van der Waals surface area contributed by atoms with Crippen molar-refractivity contribution in [2.45, 2.75) is 38.5 Å². The van der Waals surface area contributed by atoms with E-state index in [9.17, 15) is 0 Å². The van der Waals surface area contributed by atoms with Gasteiger partial charge in [0.2, 0.25) is 0 Å². The molecule has 4 heteroatoms. The minimum atomic E-state index is 0.613. The van der Waals surface area contributed by atoms with Gasteiger partial charge in [0, 0.05) is 25.6 Å². The van der Waals surface area contributed by atoms with Crippen LogP contribution in [0, 0.1) is 11.8 Å². The van der Waals surface area contributed by atoms with Crippen molar-refractivity contribution >= 4 is 11.3 Å². The van der Waals surface area contributed by atoms with E-state index in [1.807, 2.05) is 12.4 Å². The first-order valence-electron chi connectivity index (χ1n) is 11.4. The Bertz CT molecular complexity index is 824. The van der Waals surface area contributed by atoms with Crippen LogP contribution in [0.25, 0.3) is 5.57 Å². The third kappa shape index (κ3) is 4.37. The molecule has 0 N–H and O–H groups in total. The van der Waals surface area contributed by atoms with Crippen LogP contribution in [-0.4, -0.2) is 47.6 Å². The molecule has 2 saturated heterocycles. The molecular weight excluding hydrogens is 356 g/mol. The van der Waals surface area contributed by atoms with Gasteiger partial charge in [0.15, 0.2) is 0 Å². The maximum atomic E-state index is 4.22. The number of likely N-dealkylation sites (tertiary alicyclic amines) is 1. The van der Waals surface area contributed by atoms with Gasteiger partial charge >= 0.3 is 0 Å². The van der Waals surface area contributed by atoms with Crippen LogP contribution in [0.2, 0.25) is 0 Å². The van der Waals surface area contributed by atoms with Crippen LogP contribution < -0.4 is 4.90 Å². The molecule has 1 aliphatic carbocycles. The van der Waals surface area contributed by atoms with E-state index >= 15 is 0 Å². The summed E-state index contributed by atoms with van der Waals surface area (Å²) < 4.78 is 0. The molecule has 1 aromatic heterocycles. The van der Waals surface area contributed by atoms with Gasteiger partial charge < -0.3 is 9.80 Å². The second-order valence-corrected chi connectivity index (χ2v) is 9.04. The number of rotatable bonds is 5. The highest BCUT2D eigenvalue weighted by molar-refractivity contribution is 5.69. The molecular formula is C25H32N4. The molecule has 0 radical (unpaired) electrons. The lowest BCUT2D eigenvalue weighted by molar-refractivity contribution is 0.231. The number of hydrogen-bond donors (Lipinski definition) is 0. The second kappa shape index (κ2) is 8.66. The molecule has 2 unspecified atom stereocenters. The first-order chi connectivity index (χ1) is 14.3. The van der Waals surface area contributed by atoms with Gasteiger partial charge in [-0.2, -0.15) is 0 Å². The molecule has 2 atom stereocenters. The van der Waals surface area contributed by atoms with E-state index in [-0.39, 0.29) is 0 Å². The van der Waals surface area contributed by atoms with E-state index in [0.29, 0.717) is 5.92 Å². The average molecular weight is 389 g/mol. The van der Waals surface area contributed by atoms with Crippen molar-refractivity contribution in [2.75, 3.05) is 37.6 Å². The zero-order valence-electron chi connectivity index (χ0n) is 17.3. The maximum Gasteiger partial charge on any atom is 0.115 e. The Hall–Kier alpha value is -2.20. The van der Waals surface area contributed by atoms with Gasteiger partial charge in [-0.3, -0.25) is 0 Å². The normalized spacial score (nSPS) is 25.0. The van der Waals surface area contributed by atoms with Gasteiger partial charge in [0.25, 0.3) is 0 Å². The Morgan fingerprint density at radius 3 is 2.52 bits per heavy atom. The van der Waals surface area contributed by atoms with Gasteiger partial charge in [-0.15, -0.1) is 0 Å². The third-order valence-corrected chi connectivity index (χ3v) is 7.01. The Morgan fingerprint density at radius 1 is 0.931 bits per heavy atom. The van der Waals surface area contributed by atoms with Gasteiger partial charge in [-0.1, -0.05) is 36.8 Å². The van der Waals surface area contributed by atoms with Crippen molar-refractivity contribution < 1.29 is 0 Å². The molecule has 2 aromatic rings. The van der Waals surface area contributed by atoms with E-state index in [1.165, 1.54) is 69.3 Å². The van der Waals surface area contributed by atoms with Gasteiger partial charge in [0.05, 0.1) is 18.1 Å². The highest BCUT2D eigenvalue weighted by atomic mass is 15.2. The van der Waals surface area contributed by atoms with Crippen LogP contribution in [0.5, 0.6) is 0 Å². The summed E-state index contributed by atoms with van der Waals surface area (Å²) in [6.07, 6.45) is 15.9. The number of fused-ring (bicyclic) bond motifs is 2. The molecule has 3 aliphatic rings. The molecule has 29 heavy (non-hydrogen) atoms. The molecule has 0 saturated carbocycles. The van der Waals surface area contributed by atoms with E-state index in [2.05, 4.69) is 50.1 Å². The molecule has 3 heterocycles. The molecule has 152 valence electrons. The monoisotopic (exact) mass is 388 g/mol. The molecule has 4 nitrogen and oxygen atoms in total. The van der Waals surface area contributed by atoms with E-state index in [4.69, 9.17) is 0 Å². The molecule has 0 amide bonds. The number of anilines is 1. The predicted molar refractivity (Wildman–Crippen MR) is 119 cm³/mol. The minimum Gasteiger partial charge on any atom is -0.368 e. The Balaban J connectivity index is 1.24. The first-order valence-corrected chi connectivity index (χ1v) is 11.4. The summed E-state index contributed by atoms with van der Waals surface area (Å²) in [6, 6.07) is 9.44. The summed E-state index contributed by atoms with van der Waals surface area (Å²) in [4.78, 5) is 13.6. The Morgan fingerprint density at radius 2 is 1.72 bits per heavy atom. The summed E-state index contributed by atoms with van der Waals surface area (Å²) >= 11 is 0. The number of aromatic nitrogens is 2. The molecule has 1 aromatic carbocycles. The number of piperidine rings is 2. The van der Waals surface area contributed by atoms with E-state index in [1.54, 1.807) is 11.9 Å². The van der Waals surface area contributed by atoms with Crippen molar-refractivity contribution in [3.63, 3.8) is 0 Å². The summed E-state index contributed by atoms with van der Waals surface area (Å²) in [5.41, 5.74) is 5.60. The summed E-state index contributed by atoms with van der Waals surface area (Å²) in [5.74, 6) is 1.36. The molecule has 5 rings (SSSR count). The first kappa shape index (κ1) is 18.8. The third-order valence-electron chi connectivity index (χ3n) is 7.01. The highest BCUT2D eigenvalue weighted by Gasteiger charge is 2.33. The lowest BCUT2D eigenvalue weighted by Crippen LogP contribution is -2.42. The number of hydrogen-bond acceptors (Lipinski definition) is 4. The zero-order chi connectivity index (χ0) is 19.5. The van der Waals surface area contributed by atoms with Crippen LogP contribution in [0.15, 0.2) is 49.1 Å². The average Bonchev–Trinajstić information content (AvgIpc) is 2.79. The second-order valence-electron chi connectivity index (χ2n) is 9.04. The summed E-state index contributed by atoms with van der Waals surface area (Å²) in [7, 11) is 0. The standard InChI is InChI=1S/C25H32N4/c1-2-11-28(12-3-1)13-10-20-4-7-22(8-5-20)25-9-6-21-14-23(25)18-29(17-21)24-15-26-19-27-16-24/h4-5,7-9,15-16,19,21,23H,1-3,6,10-14,17-18H2. The Labute approximate surface area is 174 Å². The van der Waals surface area contributed by atoms with Gasteiger partial charge in [-0.05, 0) is 67.8 Å². The smallest absolute Gasteiger partial charge is 0.115 e. The maximum absolute atomic E-state index is 4.22. The lowest BCUT2D eigenvalue weighted by Gasteiger charge is -2.42. The fourth-order valence-electron chi connectivity index (χ4n) is 5.41. The predicted octanol–water partition coefficient (Wildman–Crippen LogP) is 4.43. The summed E-state index contributed by atoms with van der Waals surface area (Å²) in [6.45, 7) is 5.99. The topological polar surface area (TPSA) is 32.3 Å². The lowest BCUT2D eigenvalue weighted by atomic mass is 9.75. The zero-order valence-corrected chi connectivity index (χ0v) is 17.3. The Kier molecular flexibility index (Phi) is 5.62. The largest absolute Gasteiger partial charge is 0.368 e. The van der Waals surface area contributed by atoms with Crippen molar-refractivity contribution in [3.05, 3.63) is 60.2 Å². The number of nitrogens with zero attached hydrogens (tertiary/aromatic N) is 4. The fraction of sp³-hybridized carbons (Fsp3) is 0.520. The van der Waals surface area contributed by atoms with E-state index in [0.717, 1.165) is 24.7 Å². The fourth-order valence-corrected chi connectivity index (χ4v) is 5.41. The van der Waals surface area contributed by atoms with Crippen molar-refractivity contribution in [1.29, 1.82) is 0 Å². The van der Waals surface area contributed by atoms with Gasteiger partial charge in [-0.25, -0.2) is 9.97 Å². The molecule has 2 fully saturated rings. The van der Waals surface area contributed by atoms with Crippen LogP contribution in [-0.2, 0) is 6.42 Å². The highest BCUT2D eigenvalue weighted by Crippen LogP contribution is 2.40. The molecule has 2 bridgehead atoms. The SMILES string of the molecule is C1=C(c2ccc(CCN3CCCCC3)cc2)C2CC(C1)CN(c1cncnc1)C2. The molecule has 2 aliphatic heterocycles. The summed E-state index contributed by atoms with van der Waals surface area (Å²) in [5, 5.41) is 0. The number of benzene rings is 1. The number of allylic oxidation sites excluding steroid dienone is 1. The minimum absolute atomic E-state index is 0.613. The van der Waals surface area contributed by atoms with Crippen molar-refractivity contribution in [3.8, 4) is 0 Å². The van der Waals surface area contributed by atoms with Crippen LogP contribution in [0.1, 0.15) is 43.2 Å². The van der Waals surface area contributed by atoms with Crippen molar-refractivity contribution in [2.24, 2.45) is 11.8 Å².